The molecule has 0 saturated heterocycles. The van der Waals surface area contributed by atoms with E-state index in [2.05, 4.69) is 20.1 Å². The second kappa shape index (κ2) is 14.7. The van der Waals surface area contributed by atoms with E-state index in [-0.39, 0.29) is 34.9 Å². The van der Waals surface area contributed by atoms with Crippen molar-refractivity contribution < 1.29 is 48.5 Å². The van der Waals surface area contributed by atoms with E-state index >= 15 is 0 Å². The standard InChI is InChI=1S/C24H29ClN2O10/c1-14-7-5-4-6-8-15(26-35-12-20(30)33-2)9-16(27-36-13-21(31)34-3)10-17-22(24(32)37-14)18(28)11-19(29)23(17)25/h4-5,9,11,14,26,28-29H,6-8,10,12-13H2,1-3H3/b5-4+,15-9-,27-16+. The predicted octanol–water partition coefficient (Wildman–Crippen LogP) is 2.70. The Kier molecular flexibility index (Phi) is 11.7. The molecule has 1 aromatic rings. The first-order chi connectivity index (χ1) is 17.7. The number of phenols is 2. The fourth-order valence-corrected chi connectivity index (χ4v) is 3.35. The molecule has 0 spiro atoms. The lowest BCUT2D eigenvalue weighted by Crippen LogP contribution is -2.22. The van der Waals surface area contributed by atoms with Gasteiger partial charge in [0.1, 0.15) is 23.2 Å². The zero-order chi connectivity index (χ0) is 27.4. The number of methoxy groups -OCH3 is 2. The van der Waals surface area contributed by atoms with Crippen LogP contribution >= 0.6 is 11.6 Å². The quantitative estimate of drug-likeness (QED) is 0.202. The van der Waals surface area contributed by atoms with Crippen LogP contribution in [-0.2, 0) is 39.9 Å². The van der Waals surface area contributed by atoms with Crippen molar-refractivity contribution >= 4 is 35.2 Å². The van der Waals surface area contributed by atoms with Crippen molar-refractivity contribution in [3.05, 3.63) is 46.1 Å². The molecule has 0 aromatic heterocycles. The highest BCUT2D eigenvalue weighted by Gasteiger charge is 2.26. The van der Waals surface area contributed by atoms with Crippen LogP contribution in [0.5, 0.6) is 11.5 Å². The van der Waals surface area contributed by atoms with Crippen molar-refractivity contribution in [2.45, 2.75) is 38.7 Å². The topological polar surface area (TPSA) is 162 Å². The summed E-state index contributed by atoms with van der Waals surface area (Å²) in [7, 11) is 2.40. The van der Waals surface area contributed by atoms with Crippen LogP contribution in [0, 0.1) is 0 Å². The molecule has 1 aromatic carbocycles. The van der Waals surface area contributed by atoms with Crippen molar-refractivity contribution in [3.8, 4) is 11.5 Å². The second-order valence-electron chi connectivity index (χ2n) is 7.79. The average molecular weight is 541 g/mol. The van der Waals surface area contributed by atoms with Gasteiger partial charge in [0.2, 0.25) is 6.61 Å². The summed E-state index contributed by atoms with van der Waals surface area (Å²) in [6.07, 6.45) is 5.77. The Morgan fingerprint density at radius 3 is 2.57 bits per heavy atom. The molecule has 0 bridgehead atoms. The Hall–Kier alpha value is -3.77. The first-order valence-corrected chi connectivity index (χ1v) is 11.5. The number of hydroxylamine groups is 1. The molecule has 0 amide bonds. The van der Waals surface area contributed by atoms with Crippen LogP contribution in [0.15, 0.2) is 35.1 Å². The van der Waals surface area contributed by atoms with Gasteiger partial charge in [0.25, 0.3) is 0 Å². The number of ether oxygens (including phenoxy) is 3. The summed E-state index contributed by atoms with van der Waals surface area (Å²) in [5.41, 5.74) is 2.97. The van der Waals surface area contributed by atoms with E-state index in [4.69, 9.17) is 26.0 Å². The van der Waals surface area contributed by atoms with E-state index in [1.54, 1.807) is 6.92 Å². The minimum absolute atomic E-state index is 0.00969. The molecule has 12 nitrogen and oxygen atoms in total. The molecule has 3 N–H and O–H groups in total. The Balaban J connectivity index is 2.56. The minimum Gasteiger partial charge on any atom is -0.507 e. The van der Waals surface area contributed by atoms with Crippen molar-refractivity contribution in [2.24, 2.45) is 5.16 Å². The average Bonchev–Trinajstić information content (AvgIpc) is 2.85. The molecule has 0 fully saturated rings. The molecule has 13 heteroatoms. The van der Waals surface area contributed by atoms with Crippen LogP contribution in [0.2, 0.25) is 5.02 Å². The van der Waals surface area contributed by atoms with E-state index in [1.807, 2.05) is 12.2 Å². The molecule has 1 aliphatic rings. The fourth-order valence-electron chi connectivity index (χ4n) is 3.13. The highest BCUT2D eigenvalue weighted by molar-refractivity contribution is 6.33. The molecule has 1 heterocycles. The molecule has 202 valence electrons. The Morgan fingerprint density at radius 1 is 1.16 bits per heavy atom. The van der Waals surface area contributed by atoms with Gasteiger partial charge in [-0.3, -0.25) is 10.3 Å². The number of rotatable bonds is 7. The number of hydrogen-bond acceptors (Lipinski definition) is 12. The van der Waals surface area contributed by atoms with Gasteiger partial charge in [-0.15, -0.1) is 0 Å². The lowest BCUT2D eigenvalue weighted by atomic mass is 9.99. The Labute approximate surface area is 218 Å². The van der Waals surface area contributed by atoms with Gasteiger partial charge in [0.05, 0.1) is 25.0 Å². The third kappa shape index (κ3) is 9.32. The van der Waals surface area contributed by atoms with Crippen LogP contribution < -0.4 is 5.48 Å². The van der Waals surface area contributed by atoms with Crippen molar-refractivity contribution in [1.29, 1.82) is 0 Å². The molecule has 0 saturated carbocycles. The third-order valence-corrected chi connectivity index (χ3v) is 5.38. The number of nitrogens with zero attached hydrogens (tertiary/aromatic N) is 1. The van der Waals surface area contributed by atoms with Gasteiger partial charge < -0.3 is 29.3 Å². The molecule has 0 aliphatic carbocycles. The van der Waals surface area contributed by atoms with Gasteiger partial charge >= 0.3 is 17.9 Å². The van der Waals surface area contributed by atoms with E-state index in [1.165, 1.54) is 20.3 Å². The summed E-state index contributed by atoms with van der Waals surface area (Å²) in [5.74, 6) is -3.17. The molecule has 37 heavy (non-hydrogen) atoms. The number of hydrogen-bond donors (Lipinski definition) is 3. The predicted molar refractivity (Wildman–Crippen MR) is 131 cm³/mol. The molecule has 1 unspecified atom stereocenters. The highest BCUT2D eigenvalue weighted by atomic mass is 35.5. The number of esters is 3. The van der Waals surface area contributed by atoms with Crippen molar-refractivity contribution in [3.63, 3.8) is 0 Å². The zero-order valence-electron chi connectivity index (χ0n) is 20.6. The summed E-state index contributed by atoms with van der Waals surface area (Å²) >= 11 is 6.32. The lowest BCUT2D eigenvalue weighted by Gasteiger charge is -2.18. The van der Waals surface area contributed by atoms with E-state index in [9.17, 15) is 24.6 Å². The van der Waals surface area contributed by atoms with Gasteiger partial charge in [0.15, 0.2) is 6.61 Å². The second-order valence-corrected chi connectivity index (χ2v) is 8.17. The summed E-state index contributed by atoms with van der Waals surface area (Å²) in [4.78, 5) is 46.1. The molecule has 2 rings (SSSR count). The number of nitrogens with one attached hydrogen (secondary N) is 1. The molecule has 1 aliphatic heterocycles. The maximum absolute atomic E-state index is 12.9. The number of carbonyl (C=O) groups is 3. The van der Waals surface area contributed by atoms with Gasteiger partial charge in [0, 0.05) is 24.6 Å². The minimum atomic E-state index is -0.856. The fraction of sp³-hybridized carbons (Fsp3) is 0.417. The number of halogens is 1. The zero-order valence-corrected chi connectivity index (χ0v) is 21.4. The van der Waals surface area contributed by atoms with Crippen LogP contribution in [0.1, 0.15) is 42.1 Å². The number of allylic oxidation sites excluding steroid dienone is 3. The largest absolute Gasteiger partial charge is 0.507 e. The van der Waals surface area contributed by atoms with E-state index < -0.39 is 42.1 Å². The number of fused-ring (bicyclic) bond motifs is 1. The highest BCUT2D eigenvalue weighted by Crippen LogP contribution is 2.37. The lowest BCUT2D eigenvalue weighted by molar-refractivity contribution is -0.148. The number of carbonyl (C=O) groups excluding carboxylic acids is 3. The SMILES string of the molecule is COC(=O)CO/N=C1\C=C(/NOCC(=O)OC)CC/C=C/CC(C)OC(=O)c2c(O)cc(O)c(Cl)c2C1. The smallest absolute Gasteiger partial charge is 0.346 e. The van der Waals surface area contributed by atoms with Crippen LogP contribution in [0.4, 0.5) is 0 Å². The number of phenolic OH excluding ortho intramolecular Hbond substituents is 2. The van der Waals surface area contributed by atoms with Crippen molar-refractivity contribution in [2.75, 3.05) is 27.4 Å². The Morgan fingerprint density at radius 2 is 1.86 bits per heavy atom. The number of aromatic hydroxyl groups is 2. The Bertz CT molecular complexity index is 1080. The monoisotopic (exact) mass is 540 g/mol. The first kappa shape index (κ1) is 29.5. The summed E-state index contributed by atoms with van der Waals surface area (Å²) < 4.78 is 14.5. The summed E-state index contributed by atoms with van der Waals surface area (Å²) in [5, 5.41) is 24.4. The maximum atomic E-state index is 12.9. The molecular formula is C24H29ClN2O10. The van der Waals surface area contributed by atoms with Crippen molar-refractivity contribution in [1.82, 2.24) is 5.48 Å². The van der Waals surface area contributed by atoms with Gasteiger partial charge in [-0.1, -0.05) is 28.9 Å². The van der Waals surface area contributed by atoms with Gasteiger partial charge in [-0.25, -0.2) is 14.4 Å². The van der Waals surface area contributed by atoms with Gasteiger partial charge in [-0.2, -0.15) is 0 Å². The number of cyclic esters (lactones) is 1. The van der Waals surface area contributed by atoms with Crippen LogP contribution in [-0.4, -0.2) is 67.4 Å². The van der Waals surface area contributed by atoms with E-state index in [0.29, 0.717) is 25.0 Å². The summed E-state index contributed by atoms with van der Waals surface area (Å²) in [6.45, 7) is 0.798. The normalized spacial score (nSPS) is 19.9. The molecular weight excluding hydrogens is 512 g/mol. The maximum Gasteiger partial charge on any atom is 0.346 e. The number of oxime groups is 1. The van der Waals surface area contributed by atoms with Crippen LogP contribution in [0.3, 0.4) is 0 Å². The summed E-state index contributed by atoms with van der Waals surface area (Å²) in [6, 6.07) is 0.935. The number of benzene rings is 1. The van der Waals surface area contributed by atoms with Crippen LogP contribution in [0.25, 0.3) is 0 Å². The molecule has 1 atom stereocenters. The first-order valence-electron chi connectivity index (χ1n) is 11.2. The van der Waals surface area contributed by atoms with E-state index in [0.717, 1.165) is 6.07 Å². The third-order valence-electron chi connectivity index (χ3n) is 4.96. The molecule has 0 radical (unpaired) electrons. The van der Waals surface area contributed by atoms with Gasteiger partial charge in [-0.05, 0) is 31.4 Å².